The molecule has 1 aliphatic heterocycles. The lowest BCUT2D eigenvalue weighted by Crippen LogP contribution is -2.46. The van der Waals surface area contributed by atoms with Gasteiger partial charge in [0.25, 0.3) is 0 Å². The average Bonchev–Trinajstić information content (AvgIpc) is 2.69. The molecule has 0 N–H and O–H groups in total. The first-order chi connectivity index (χ1) is 8.46. The van der Waals surface area contributed by atoms with Crippen molar-refractivity contribution in [3.8, 4) is 0 Å². The molecule has 0 aliphatic carbocycles. The third-order valence-corrected chi connectivity index (χ3v) is 5.67. The maximum Gasteiger partial charge on any atom is 0.248 e. The summed E-state index contributed by atoms with van der Waals surface area (Å²) in [6.45, 7) is 4.34. The lowest BCUT2D eigenvalue weighted by atomic mass is 10.3. The number of alkyl halides is 1. The van der Waals surface area contributed by atoms with Gasteiger partial charge in [-0.3, -0.25) is 0 Å². The third kappa shape index (κ3) is 2.47. The van der Waals surface area contributed by atoms with Crippen molar-refractivity contribution in [2.45, 2.75) is 24.8 Å². The first-order valence-corrected chi connectivity index (χ1v) is 8.13. The molecule has 1 fully saturated rings. The van der Waals surface area contributed by atoms with Crippen LogP contribution in [-0.2, 0) is 14.8 Å². The van der Waals surface area contributed by atoms with Crippen molar-refractivity contribution >= 4 is 26.0 Å². The molecule has 0 spiro atoms. The maximum absolute atomic E-state index is 12.5. The predicted molar refractivity (Wildman–Crippen MR) is 68.3 cm³/mol. The lowest BCUT2D eigenvalue weighted by molar-refractivity contribution is 0.0136. The summed E-state index contributed by atoms with van der Waals surface area (Å²) in [5.41, 5.74) is 0.398. The normalized spacial score (nSPS) is 22.3. The Kier molecular flexibility index (Phi) is 4.10. The fourth-order valence-corrected chi connectivity index (χ4v) is 4.11. The smallest absolute Gasteiger partial charge is 0.248 e. The van der Waals surface area contributed by atoms with E-state index in [0.717, 1.165) is 0 Å². The van der Waals surface area contributed by atoms with E-state index >= 15 is 0 Å². The molecule has 102 valence electrons. The van der Waals surface area contributed by atoms with E-state index in [1.807, 2.05) is 0 Å². The molecule has 1 aliphatic rings. The Morgan fingerprint density at radius 3 is 2.78 bits per heavy atom. The van der Waals surface area contributed by atoms with Crippen LogP contribution in [0.5, 0.6) is 0 Å². The molecule has 6 nitrogen and oxygen atoms in total. The zero-order valence-electron chi connectivity index (χ0n) is 10.2. The highest BCUT2D eigenvalue weighted by Gasteiger charge is 2.34. The fourth-order valence-electron chi connectivity index (χ4n) is 1.98. The number of sulfonamides is 1. The molecule has 0 radical (unpaired) electrons. The van der Waals surface area contributed by atoms with Crippen molar-refractivity contribution in [2.24, 2.45) is 0 Å². The van der Waals surface area contributed by atoms with Gasteiger partial charge in [0.15, 0.2) is 5.76 Å². The number of morpholine rings is 1. The minimum absolute atomic E-state index is 0.117. The Labute approximate surface area is 114 Å². The number of aromatic nitrogens is 1. The van der Waals surface area contributed by atoms with Crippen molar-refractivity contribution in [1.29, 1.82) is 0 Å². The van der Waals surface area contributed by atoms with E-state index in [9.17, 15) is 8.42 Å². The number of hydrogen-bond acceptors (Lipinski definition) is 5. The van der Waals surface area contributed by atoms with Crippen molar-refractivity contribution in [1.82, 2.24) is 9.46 Å². The number of ether oxygens (including phenoxy) is 1. The number of aryl methyl sites for hydroxylation is 2. The van der Waals surface area contributed by atoms with Crippen LogP contribution in [0.1, 0.15) is 11.5 Å². The minimum Gasteiger partial charge on any atom is -0.375 e. The summed E-state index contributed by atoms with van der Waals surface area (Å²) in [7, 11) is -3.55. The van der Waals surface area contributed by atoms with Crippen LogP contribution in [0, 0.1) is 13.8 Å². The van der Waals surface area contributed by atoms with Gasteiger partial charge >= 0.3 is 0 Å². The lowest BCUT2D eigenvalue weighted by Gasteiger charge is -2.31. The van der Waals surface area contributed by atoms with Gasteiger partial charge in [-0.1, -0.05) is 21.1 Å². The second kappa shape index (κ2) is 5.28. The van der Waals surface area contributed by atoms with Crippen LogP contribution < -0.4 is 0 Å². The van der Waals surface area contributed by atoms with Crippen LogP contribution in [0.3, 0.4) is 0 Å². The van der Waals surface area contributed by atoms with Gasteiger partial charge in [-0.25, -0.2) is 8.42 Å². The molecular weight excluding hydrogens is 324 g/mol. The number of nitrogens with zero attached hydrogens (tertiary/aromatic N) is 2. The van der Waals surface area contributed by atoms with Crippen LogP contribution in [0.4, 0.5) is 0 Å². The Morgan fingerprint density at radius 1 is 1.50 bits per heavy atom. The largest absolute Gasteiger partial charge is 0.375 e. The highest BCUT2D eigenvalue weighted by Crippen LogP contribution is 2.24. The van der Waals surface area contributed by atoms with Crippen LogP contribution in [0.15, 0.2) is 9.42 Å². The Balaban J connectivity index is 2.31. The van der Waals surface area contributed by atoms with Gasteiger partial charge in [0.05, 0.1) is 12.7 Å². The monoisotopic (exact) mass is 338 g/mol. The summed E-state index contributed by atoms with van der Waals surface area (Å²) in [5.74, 6) is 0.328. The topological polar surface area (TPSA) is 72.6 Å². The van der Waals surface area contributed by atoms with E-state index in [0.29, 0.717) is 36.5 Å². The molecule has 1 unspecified atom stereocenters. The first-order valence-electron chi connectivity index (χ1n) is 5.57. The van der Waals surface area contributed by atoms with E-state index in [4.69, 9.17) is 9.26 Å². The number of rotatable bonds is 3. The summed E-state index contributed by atoms with van der Waals surface area (Å²) in [6, 6.07) is 0. The van der Waals surface area contributed by atoms with Gasteiger partial charge in [0, 0.05) is 18.4 Å². The van der Waals surface area contributed by atoms with E-state index in [-0.39, 0.29) is 11.0 Å². The molecule has 8 heteroatoms. The summed E-state index contributed by atoms with van der Waals surface area (Å²) < 4.78 is 36.8. The Morgan fingerprint density at radius 2 is 2.22 bits per heavy atom. The molecule has 1 aromatic heterocycles. The van der Waals surface area contributed by atoms with Gasteiger partial charge in [-0.2, -0.15) is 4.31 Å². The van der Waals surface area contributed by atoms with E-state index < -0.39 is 10.0 Å². The molecule has 0 bridgehead atoms. The molecule has 0 saturated carbocycles. The molecule has 18 heavy (non-hydrogen) atoms. The summed E-state index contributed by atoms with van der Waals surface area (Å²) in [4.78, 5) is 0.178. The number of halogens is 1. The standard InChI is InChI=1S/C10H15BrN2O4S/c1-7-10(8(2)17-12-7)18(14,15)13-3-4-16-9(5-11)6-13/h9H,3-6H2,1-2H3. The van der Waals surface area contributed by atoms with Crippen molar-refractivity contribution in [3.05, 3.63) is 11.5 Å². The van der Waals surface area contributed by atoms with Gasteiger partial charge in [0.2, 0.25) is 10.0 Å². The third-order valence-electron chi connectivity index (χ3n) is 2.84. The molecular formula is C10H15BrN2O4S. The molecule has 1 atom stereocenters. The maximum atomic E-state index is 12.5. The summed E-state index contributed by atoms with van der Waals surface area (Å²) in [6.07, 6.45) is -0.117. The van der Waals surface area contributed by atoms with E-state index in [1.165, 1.54) is 4.31 Å². The molecule has 0 aromatic carbocycles. The van der Waals surface area contributed by atoms with Crippen LogP contribution in [-0.4, -0.2) is 49.0 Å². The van der Waals surface area contributed by atoms with Crippen LogP contribution >= 0.6 is 15.9 Å². The van der Waals surface area contributed by atoms with Gasteiger partial charge in [0.1, 0.15) is 10.6 Å². The second-order valence-corrected chi connectivity index (χ2v) is 6.69. The minimum atomic E-state index is -3.55. The van der Waals surface area contributed by atoms with E-state index in [2.05, 4.69) is 21.1 Å². The van der Waals surface area contributed by atoms with Crippen LogP contribution in [0.25, 0.3) is 0 Å². The van der Waals surface area contributed by atoms with E-state index in [1.54, 1.807) is 13.8 Å². The van der Waals surface area contributed by atoms with Crippen molar-refractivity contribution in [2.75, 3.05) is 25.0 Å². The molecule has 2 rings (SSSR count). The quantitative estimate of drug-likeness (QED) is 0.771. The average molecular weight is 339 g/mol. The van der Waals surface area contributed by atoms with Gasteiger partial charge in [-0.05, 0) is 13.8 Å². The Bertz CT molecular complexity index is 508. The molecule has 0 amide bonds. The fraction of sp³-hybridized carbons (Fsp3) is 0.700. The zero-order valence-corrected chi connectivity index (χ0v) is 12.6. The van der Waals surface area contributed by atoms with Gasteiger partial charge in [-0.15, -0.1) is 0 Å². The molecule has 1 saturated heterocycles. The van der Waals surface area contributed by atoms with Crippen molar-refractivity contribution < 1.29 is 17.7 Å². The van der Waals surface area contributed by atoms with Crippen LogP contribution in [0.2, 0.25) is 0 Å². The molecule has 1 aromatic rings. The first kappa shape index (κ1) is 14.0. The Hall–Kier alpha value is -0.440. The second-order valence-electron chi connectivity index (χ2n) is 4.16. The summed E-state index contributed by atoms with van der Waals surface area (Å²) in [5, 5.41) is 4.31. The summed E-state index contributed by atoms with van der Waals surface area (Å²) >= 11 is 3.31. The zero-order chi connectivity index (χ0) is 13.3. The highest BCUT2D eigenvalue weighted by molar-refractivity contribution is 9.09. The van der Waals surface area contributed by atoms with Gasteiger partial charge < -0.3 is 9.26 Å². The highest BCUT2D eigenvalue weighted by atomic mass is 79.9. The molecule has 2 heterocycles. The SMILES string of the molecule is Cc1noc(C)c1S(=O)(=O)N1CCOC(CBr)C1. The number of hydrogen-bond donors (Lipinski definition) is 0. The van der Waals surface area contributed by atoms with Crippen molar-refractivity contribution in [3.63, 3.8) is 0 Å². The predicted octanol–water partition coefficient (Wildman–Crippen LogP) is 1.08.